The summed E-state index contributed by atoms with van der Waals surface area (Å²) in [5.74, 6) is -0.369. The number of hydrogen-bond acceptors (Lipinski definition) is 4. The third-order valence-electron chi connectivity index (χ3n) is 9.97. The molecule has 2 aromatic heterocycles. The van der Waals surface area contributed by atoms with Gasteiger partial charge in [-0.1, -0.05) is 133 Å². The van der Waals surface area contributed by atoms with Crippen LogP contribution in [0.3, 0.4) is 0 Å². The van der Waals surface area contributed by atoms with Gasteiger partial charge in [-0.05, 0) is 63.0 Å². The lowest BCUT2D eigenvalue weighted by atomic mass is 9.85. The van der Waals surface area contributed by atoms with Crippen molar-refractivity contribution in [1.29, 1.82) is 0 Å². The second-order valence-corrected chi connectivity index (χ2v) is 13.2. The van der Waals surface area contributed by atoms with Gasteiger partial charge >= 0.3 is 6.36 Å². The topological polar surface area (TPSA) is 48.2 Å². The summed E-state index contributed by atoms with van der Waals surface area (Å²) in [5, 5.41) is 5.67. The van der Waals surface area contributed by atoms with Gasteiger partial charge in [0.25, 0.3) is 0 Å². The molecule has 2 heterocycles. The molecule has 0 unspecified atom stereocenters. The van der Waals surface area contributed by atoms with Gasteiger partial charge < -0.3 is 9.15 Å². The van der Waals surface area contributed by atoms with Crippen molar-refractivity contribution in [2.75, 3.05) is 0 Å². The van der Waals surface area contributed by atoms with Crippen LogP contribution in [0.4, 0.5) is 13.2 Å². The van der Waals surface area contributed by atoms with Gasteiger partial charge in [-0.3, -0.25) is 0 Å². The first kappa shape index (κ1) is 31.7. The van der Waals surface area contributed by atoms with Crippen LogP contribution in [-0.4, -0.2) is 16.3 Å². The lowest BCUT2D eigenvalue weighted by Crippen LogP contribution is -2.18. The number of nitrogens with zero attached hydrogens (tertiary/aromatic N) is 2. The standard InChI is InChI=1S/C47H27F3N2O2/c48-47(49,50)54-41-27-29(25-26-36(41)45-44(28-13-2-1-3-14-28)51-38-22-9-10-23-39(38)52-45)42-31-16-4-6-18-33(31)43(34-19-7-5-17-32(34)42)37-21-12-20-35-30-15-8-11-24-40(30)53-46(35)37/h1-27H. The molecule has 4 nitrogen and oxygen atoms in total. The van der Waals surface area contributed by atoms with E-state index in [4.69, 9.17) is 19.1 Å². The minimum Gasteiger partial charge on any atom is -0.455 e. The van der Waals surface area contributed by atoms with Crippen LogP contribution in [0.5, 0.6) is 5.75 Å². The maximum Gasteiger partial charge on any atom is 0.573 e. The first-order chi connectivity index (χ1) is 26.4. The van der Waals surface area contributed by atoms with E-state index in [-0.39, 0.29) is 17.0 Å². The van der Waals surface area contributed by atoms with E-state index in [1.807, 2.05) is 115 Å². The number of halogens is 3. The molecule has 0 amide bonds. The van der Waals surface area contributed by atoms with Crippen molar-refractivity contribution in [3.63, 3.8) is 0 Å². The fourth-order valence-electron chi connectivity index (χ4n) is 7.74. The highest BCUT2D eigenvalue weighted by Crippen LogP contribution is 2.48. The molecule has 0 saturated heterocycles. The van der Waals surface area contributed by atoms with Crippen molar-refractivity contribution >= 4 is 54.5 Å². The number of para-hydroxylation sites is 4. The fourth-order valence-corrected chi connectivity index (χ4v) is 7.74. The molecule has 0 aliphatic heterocycles. The fraction of sp³-hybridized carbons (Fsp3) is 0.0213. The summed E-state index contributed by atoms with van der Waals surface area (Å²) in [5.41, 5.74) is 7.67. The van der Waals surface area contributed by atoms with Crippen LogP contribution < -0.4 is 4.74 Å². The minimum absolute atomic E-state index is 0.176. The van der Waals surface area contributed by atoms with Gasteiger partial charge in [-0.2, -0.15) is 0 Å². The monoisotopic (exact) mass is 708 g/mol. The molecule has 0 N–H and O–H groups in total. The van der Waals surface area contributed by atoms with Crippen molar-refractivity contribution in [3.8, 4) is 50.5 Å². The molecule has 0 atom stereocenters. The molecule has 258 valence electrons. The number of benzene rings is 8. The third kappa shape index (κ3) is 5.24. The van der Waals surface area contributed by atoms with Gasteiger partial charge in [0, 0.05) is 33.0 Å². The Labute approximate surface area is 306 Å². The molecule has 0 radical (unpaired) electrons. The Morgan fingerprint density at radius 3 is 1.67 bits per heavy atom. The van der Waals surface area contributed by atoms with Gasteiger partial charge in [0.15, 0.2) is 0 Å². The van der Waals surface area contributed by atoms with E-state index in [0.29, 0.717) is 22.3 Å². The lowest BCUT2D eigenvalue weighted by molar-refractivity contribution is -0.274. The molecular formula is C47H27F3N2O2. The highest BCUT2D eigenvalue weighted by atomic mass is 19.4. The third-order valence-corrected chi connectivity index (χ3v) is 9.97. The molecule has 0 fully saturated rings. The average Bonchev–Trinajstić information content (AvgIpc) is 3.58. The largest absolute Gasteiger partial charge is 0.573 e. The van der Waals surface area contributed by atoms with Crippen molar-refractivity contribution in [1.82, 2.24) is 9.97 Å². The Kier molecular flexibility index (Phi) is 7.23. The zero-order chi connectivity index (χ0) is 36.4. The van der Waals surface area contributed by atoms with E-state index in [0.717, 1.165) is 65.7 Å². The Hall–Kier alpha value is -6.99. The van der Waals surface area contributed by atoms with Crippen molar-refractivity contribution in [3.05, 3.63) is 164 Å². The predicted molar refractivity (Wildman–Crippen MR) is 210 cm³/mol. The number of furan rings is 1. The predicted octanol–water partition coefficient (Wildman–Crippen LogP) is 13.4. The van der Waals surface area contributed by atoms with Crippen LogP contribution in [-0.2, 0) is 0 Å². The van der Waals surface area contributed by atoms with Crippen molar-refractivity contribution in [2.24, 2.45) is 0 Å². The van der Waals surface area contributed by atoms with Crippen LogP contribution in [0.25, 0.3) is 99.3 Å². The molecule has 54 heavy (non-hydrogen) atoms. The number of fused-ring (bicyclic) bond motifs is 6. The van der Waals surface area contributed by atoms with Crippen molar-refractivity contribution < 1.29 is 22.3 Å². The van der Waals surface area contributed by atoms with Crippen LogP contribution in [0.2, 0.25) is 0 Å². The minimum atomic E-state index is -4.97. The molecular weight excluding hydrogens is 682 g/mol. The molecule has 7 heteroatoms. The van der Waals surface area contributed by atoms with E-state index in [1.54, 1.807) is 12.1 Å². The van der Waals surface area contributed by atoms with Crippen LogP contribution >= 0.6 is 0 Å². The Morgan fingerprint density at radius 2 is 1.00 bits per heavy atom. The SMILES string of the molecule is FC(F)(F)Oc1cc(-c2c3ccccc3c(-c3cccc4c3oc3ccccc34)c3ccccc23)ccc1-c1nc2ccccc2nc1-c1ccccc1. The van der Waals surface area contributed by atoms with Gasteiger partial charge in [-0.25, -0.2) is 9.97 Å². The average molecular weight is 709 g/mol. The van der Waals surface area contributed by atoms with E-state index >= 15 is 0 Å². The maximum absolute atomic E-state index is 14.3. The smallest absolute Gasteiger partial charge is 0.455 e. The molecule has 10 aromatic rings. The highest BCUT2D eigenvalue weighted by Gasteiger charge is 2.33. The maximum atomic E-state index is 14.3. The van der Waals surface area contributed by atoms with E-state index < -0.39 is 6.36 Å². The molecule has 0 aliphatic carbocycles. The Bertz CT molecular complexity index is 3020. The number of hydrogen-bond donors (Lipinski definition) is 0. The first-order valence-electron chi connectivity index (χ1n) is 17.5. The van der Waals surface area contributed by atoms with E-state index in [9.17, 15) is 13.2 Å². The molecule has 0 bridgehead atoms. The number of rotatable bonds is 5. The quantitative estimate of drug-likeness (QED) is 0.167. The second kappa shape index (κ2) is 12.3. The highest BCUT2D eigenvalue weighted by molar-refractivity contribution is 6.24. The summed E-state index contributed by atoms with van der Waals surface area (Å²) in [6.07, 6.45) is -4.97. The molecule has 0 saturated carbocycles. The van der Waals surface area contributed by atoms with Crippen LogP contribution in [0.15, 0.2) is 168 Å². The Balaban J connectivity index is 1.24. The number of alkyl halides is 3. The second-order valence-electron chi connectivity index (χ2n) is 13.2. The Morgan fingerprint density at radius 1 is 0.444 bits per heavy atom. The van der Waals surface area contributed by atoms with Gasteiger partial charge in [-0.15, -0.1) is 13.2 Å². The molecule has 0 aliphatic rings. The van der Waals surface area contributed by atoms with Crippen molar-refractivity contribution in [2.45, 2.75) is 6.36 Å². The van der Waals surface area contributed by atoms with Gasteiger partial charge in [0.1, 0.15) is 22.6 Å². The summed E-state index contributed by atoms with van der Waals surface area (Å²) in [4.78, 5) is 9.77. The van der Waals surface area contributed by atoms with E-state index in [2.05, 4.69) is 30.3 Å². The summed E-state index contributed by atoms with van der Waals surface area (Å²) >= 11 is 0. The van der Waals surface area contributed by atoms with E-state index in [1.165, 1.54) is 6.07 Å². The molecule has 0 spiro atoms. The summed E-state index contributed by atoms with van der Waals surface area (Å²) in [6, 6.07) is 51.8. The van der Waals surface area contributed by atoms with Crippen LogP contribution in [0.1, 0.15) is 0 Å². The lowest BCUT2D eigenvalue weighted by Gasteiger charge is -2.20. The zero-order valence-electron chi connectivity index (χ0n) is 28.4. The number of aromatic nitrogens is 2. The number of ether oxygens (including phenoxy) is 1. The van der Waals surface area contributed by atoms with Crippen LogP contribution in [0, 0.1) is 0 Å². The normalized spacial score (nSPS) is 12.0. The first-order valence-corrected chi connectivity index (χ1v) is 17.5. The summed E-state index contributed by atoms with van der Waals surface area (Å²) in [7, 11) is 0. The van der Waals surface area contributed by atoms with Gasteiger partial charge in [0.05, 0.1) is 16.7 Å². The summed E-state index contributed by atoms with van der Waals surface area (Å²) in [6.45, 7) is 0. The van der Waals surface area contributed by atoms with Gasteiger partial charge in [0.2, 0.25) is 0 Å². The summed E-state index contributed by atoms with van der Waals surface area (Å²) < 4.78 is 54.4. The zero-order valence-corrected chi connectivity index (χ0v) is 28.4. The molecule has 10 rings (SSSR count). The molecule has 8 aromatic carbocycles.